The van der Waals surface area contributed by atoms with E-state index in [2.05, 4.69) is 90.3 Å². The number of hydrogen-bond donors (Lipinski definition) is 1. The van der Waals surface area contributed by atoms with Crippen LogP contribution >= 0.6 is 0 Å². The van der Waals surface area contributed by atoms with Crippen molar-refractivity contribution in [3.8, 4) is 22.3 Å². The highest BCUT2D eigenvalue weighted by atomic mass is 16.5. The number of carbonyl (C=O) groups is 1. The van der Waals surface area contributed by atoms with Crippen LogP contribution < -0.4 is 5.32 Å². The van der Waals surface area contributed by atoms with E-state index in [1.54, 1.807) is 0 Å². The molecular weight excluding hydrogens is 418 g/mol. The van der Waals surface area contributed by atoms with Gasteiger partial charge in [-0.05, 0) is 45.4 Å². The molecule has 168 valence electrons. The predicted molar refractivity (Wildman–Crippen MR) is 139 cm³/mol. The molecule has 0 saturated heterocycles. The minimum Gasteiger partial charge on any atom is -0.449 e. The maximum Gasteiger partial charge on any atom is 0.407 e. The van der Waals surface area contributed by atoms with Gasteiger partial charge in [-0.3, -0.25) is 0 Å². The first kappa shape index (κ1) is 21.7. The molecule has 1 amide bonds. The van der Waals surface area contributed by atoms with Crippen molar-refractivity contribution in [3.63, 3.8) is 0 Å². The fourth-order valence-electron chi connectivity index (χ4n) is 4.54. The van der Waals surface area contributed by atoms with Crippen LogP contribution in [0.2, 0.25) is 0 Å². The fourth-order valence-corrected chi connectivity index (χ4v) is 4.54. The zero-order chi connectivity index (χ0) is 23.2. The van der Waals surface area contributed by atoms with Crippen LogP contribution in [0.5, 0.6) is 0 Å². The molecule has 4 aromatic rings. The highest BCUT2D eigenvalue weighted by Gasteiger charge is 2.28. The molecule has 1 aliphatic carbocycles. The van der Waals surface area contributed by atoms with Crippen molar-refractivity contribution >= 4 is 12.2 Å². The number of ether oxygens (including phenoxy) is 1. The number of benzene rings is 4. The molecule has 0 saturated carbocycles. The lowest BCUT2D eigenvalue weighted by molar-refractivity contribution is 0.143. The Morgan fingerprint density at radius 2 is 1.32 bits per heavy atom. The highest BCUT2D eigenvalue weighted by molar-refractivity contribution is 5.79. The van der Waals surface area contributed by atoms with E-state index in [9.17, 15) is 4.79 Å². The Morgan fingerprint density at radius 3 is 2.00 bits per heavy atom. The second-order valence-electron chi connectivity index (χ2n) is 8.43. The van der Waals surface area contributed by atoms with Gasteiger partial charge in [0.05, 0.1) is 0 Å². The van der Waals surface area contributed by atoms with E-state index in [4.69, 9.17) is 4.74 Å². The van der Waals surface area contributed by atoms with Gasteiger partial charge in [-0.25, -0.2) is 4.79 Å². The first-order valence-electron chi connectivity index (χ1n) is 11.7. The monoisotopic (exact) mass is 445 g/mol. The molecule has 5 rings (SSSR count). The highest BCUT2D eigenvalue weighted by Crippen LogP contribution is 2.44. The third-order valence-corrected chi connectivity index (χ3v) is 6.25. The quantitative estimate of drug-likeness (QED) is 0.303. The molecular formula is C31H27NO2. The summed E-state index contributed by atoms with van der Waals surface area (Å²) in [6.07, 6.45) is 4.52. The van der Waals surface area contributed by atoms with E-state index in [0.717, 1.165) is 12.0 Å². The molecule has 0 radical (unpaired) electrons. The number of fused-ring (bicyclic) bond motifs is 3. The van der Waals surface area contributed by atoms with Crippen LogP contribution in [0.15, 0.2) is 109 Å². The molecule has 0 aliphatic heterocycles. The SMILES string of the molecule is O=C(NCCC=Cc1ccc(-c2ccccc2)cc1)OCC1c2ccccc2-c2ccccc21. The van der Waals surface area contributed by atoms with Gasteiger partial charge in [0, 0.05) is 12.5 Å². The number of alkyl carbamates (subject to hydrolysis) is 1. The Bertz CT molecular complexity index is 1250. The molecule has 0 unspecified atom stereocenters. The Morgan fingerprint density at radius 1 is 0.735 bits per heavy atom. The van der Waals surface area contributed by atoms with E-state index in [-0.39, 0.29) is 12.0 Å². The summed E-state index contributed by atoms with van der Waals surface area (Å²) in [4.78, 5) is 12.3. The van der Waals surface area contributed by atoms with Gasteiger partial charge in [-0.1, -0.05) is 115 Å². The van der Waals surface area contributed by atoms with Crippen LogP contribution in [0.4, 0.5) is 4.79 Å². The van der Waals surface area contributed by atoms with Gasteiger partial charge in [-0.15, -0.1) is 0 Å². The average Bonchev–Trinajstić information content (AvgIpc) is 3.22. The van der Waals surface area contributed by atoms with Crippen LogP contribution in [0.3, 0.4) is 0 Å². The average molecular weight is 446 g/mol. The molecule has 0 heterocycles. The predicted octanol–water partition coefficient (Wildman–Crippen LogP) is 7.30. The molecule has 3 heteroatoms. The third kappa shape index (κ3) is 4.79. The van der Waals surface area contributed by atoms with Crippen LogP contribution in [0, 0.1) is 0 Å². The Kier molecular flexibility index (Phi) is 6.53. The fraction of sp³-hybridized carbons (Fsp3) is 0.129. The van der Waals surface area contributed by atoms with Crippen molar-refractivity contribution in [2.75, 3.05) is 13.2 Å². The van der Waals surface area contributed by atoms with Crippen molar-refractivity contribution in [2.45, 2.75) is 12.3 Å². The minimum absolute atomic E-state index is 0.0805. The maximum absolute atomic E-state index is 12.3. The Balaban J connectivity index is 1.09. The summed E-state index contributed by atoms with van der Waals surface area (Å²) in [5.41, 5.74) is 8.46. The van der Waals surface area contributed by atoms with Gasteiger partial charge in [-0.2, -0.15) is 0 Å². The first-order chi connectivity index (χ1) is 16.8. The summed E-state index contributed by atoms with van der Waals surface area (Å²) >= 11 is 0. The first-order valence-corrected chi connectivity index (χ1v) is 11.7. The molecule has 3 nitrogen and oxygen atoms in total. The van der Waals surface area contributed by atoms with E-state index in [1.807, 2.05) is 30.3 Å². The van der Waals surface area contributed by atoms with Crippen molar-refractivity contribution in [1.82, 2.24) is 5.32 Å². The van der Waals surface area contributed by atoms with Crippen molar-refractivity contribution in [3.05, 3.63) is 126 Å². The lowest BCUT2D eigenvalue weighted by atomic mass is 9.98. The molecule has 0 atom stereocenters. The van der Waals surface area contributed by atoms with Gasteiger partial charge in [0.2, 0.25) is 0 Å². The standard InChI is InChI=1S/C31H27NO2/c33-31(34-22-30-28-15-6-4-13-26(28)27-14-5-7-16-29(27)30)32-21-9-8-10-23-17-19-25(20-18-23)24-11-2-1-3-12-24/h1-8,10-20,30H,9,21-22H2,(H,32,33). The summed E-state index contributed by atoms with van der Waals surface area (Å²) in [6.45, 7) is 0.874. The molecule has 0 spiro atoms. The lowest BCUT2D eigenvalue weighted by Gasteiger charge is -2.14. The zero-order valence-electron chi connectivity index (χ0n) is 19.0. The molecule has 0 bridgehead atoms. The summed E-state index contributed by atoms with van der Waals surface area (Å²) in [5, 5.41) is 2.86. The molecule has 1 aliphatic rings. The van der Waals surface area contributed by atoms with E-state index < -0.39 is 0 Å². The van der Waals surface area contributed by atoms with Gasteiger partial charge in [0.25, 0.3) is 0 Å². The second kappa shape index (κ2) is 10.2. The molecule has 1 N–H and O–H groups in total. The largest absolute Gasteiger partial charge is 0.449 e. The van der Waals surface area contributed by atoms with E-state index in [1.165, 1.54) is 33.4 Å². The minimum atomic E-state index is -0.373. The second-order valence-corrected chi connectivity index (χ2v) is 8.43. The van der Waals surface area contributed by atoms with E-state index in [0.29, 0.717) is 13.2 Å². The van der Waals surface area contributed by atoms with Crippen LogP contribution in [-0.2, 0) is 4.74 Å². The number of rotatable bonds is 7. The summed E-state index contributed by atoms with van der Waals surface area (Å²) in [6, 6.07) is 35.5. The van der Waals surface area contributed by atoms with Gasteiger partial charge in [0.1, 0.15) is 6.61 Å². The normalized spacial score (nSPS) is 12.4. The van der Waals surface area contributed by atoms with Crippen molar-refractivity contribution < 1.29 is 9.53 Å². The number of hydrogen-bond acceptors (Lipinski definition) is 2. The summed E-state index contributed by atoms with van der Waals surface area (Å²) in [7, 11) is 0. The van der Waals surface area contributed by atoms with Crippen molar-refractivity contribution in [1.29, 1.82) is 0 Å². The zero-order valence-corrected chi connectivity index (χ0v) is 19.0. The number of amides is 1. The maximum atomic E-state index is 12.3. The number of nitrogens with one attached hydrogen (secondary N) is 1. The topological polar surface area (TPSA) is 38.3 Å². The van der Waals surface area contributed by atoms with Crippen LogP contribution in [0.25, 0.3) is 28.3 Å². The molecule has 0 fully saturated rings. The molecule has 0 aromatic heterocycles. The summed E-state index contributed by atoms with van der Waals surface area (Å²) < 4.78 is 5.59. The lowest BCUT2D eigenvalue weighted by Crippen LogP contribution is -2.26. The van der Waals surface area contributed by atoms with Crippen molar-refractivity contribution in [2.24, 2.45) is 0 Å². The summed E-state index contributed by atoms with van der Waals surface area (Å²) in [5.74, 6) is 0.0805. The van der Waals surface area contributed by atoms with Crippen LogP contribution in [-0.4, -0.2) is 19.2 Å². The smallest absolute Gasteiger partial charge is 0.407 e. The number of carbonyl (C=O) groups excluding carboxylic acids is 1. The Hall–Kier alpha value is -4.11. The van der Waals surface area contributed by atoms with Crippen LogP contribution in [0.1, 0.15) is 29.0 Å². The van der Waals surface area contributed by atoms with E-state index >= 15 is 0 Å². The Labute approximate surface area is 200 Å². The van der Waals surface area contributed by atoms with Gasteiger partial charge < -0.3 is 10.1 Å². The molecule has 34 heavy (non-hydrogen) atoms. The van der Waals surface area contributed by atoms with Gasteiger partial charge >= 0.3 is 6.09 Å². The van der Waals surface area contributed by atoms with Gasteiger partial charge in [0.15, 0.2) is 0 Å². The molecule has 4 aromatic carbocycles. The third-order valence-electron chi connectivity index (χ3n) is 6.25.